The van der Waals surface area contributed by atoms with Gasteiger partial charge in [-0.05, 0) is 55.8 Å². The lowest BCUT2D eigenvalue weighted by Gasteiger charge is -2.24. The lowest BCUT2D eigenvalue weighted by Crippen LogP contribution is -2.37. The van der Waals surface area contributed by atoms with Crippen molar-refractivity contribution in [3.63, 3.8) is 0 Å². The second kappa shape index (κ2) is 10.8. The van der Waals surface area contributed by atoms with Crippen LogP contribution in [0.4, 0.5) is 13.2 Å². The molecule has 3 N–H and O–H groups in total. The van der Waals surface area contributed by atoms with Gasteiger partial charge in [-0.2, -0.15) is 0 Å². The summed E-state index contributed by atoms with van der Waals surface area (Å²) in [6.45, 7) is 4.25. The third kappa shape index (κ3) is 6.48. The molecule has 0 saturated heterocycles. The van der Waals surface area contributed by atoms with E-state index in [-0.39, 0.29) is 28.9 Å². The van der Waals surface area contributed by atoms with Crippen LogP contribution in [0.5, 0.6) is 11.5 Å². The highest BCUT2D eigenvalue weighted by Gasteiger charge is 2.31. The number of hydrogen-bond donors (Lipinski definition) is 3. The van der Waals surface area contributed by atoms with Crippen LogP contribution in [0.1, 0.15) is 25.2 Å². The molecule has 0 aliphatic carbocycles. The van der Waals surface area contributed by atoms with E-state index in [1.807, 2.05) is 26.0 Å². The monoisotopic (exact) mass is 538 g/mol. The van der Waals surface area contributed by atoms with Crippen LogP contribution in [0.15, 0.2) is 67.0 Å². The molecule has 2 heterocycles. The van der Waals surface area contributed by atoms with Gasteiger partial charge in [-0.1, -0.05) is 29.8 Å². The van der Waals surface area contributed by atoms with Crippen molar-refractivity contribution in [2.45, 2.75) is 32.3 Å². The number of halogens is 5. The van der Waals surface area contributed by atoms with Crippen molar-refractivity contribution >= 4 is 24.0 Å². The molecule has 4 aromatic rings. The smallest absolute Gasteiger partial charge is 0.506 e. The Morgan fingerprint density at radius 3 is 2.28 bits per heavy atom. The zero-order valence-electron chi connectivity index (χ0n) is 19.2. The first kappa shape index (κ1) is 27.3. The molecule has 6 nitrogen and oxygen atoms in total. The Hall–Kier alpha value is -3.27. The van der Waals surface area contributed by atoms with Gasteiger partial charge in [-0.3, -0.25) is 4.98 Å². The van der Waals surface area contributed by atoms with Crippen molar-refractivity contribution in [2.75, 3.05) is 0 Å². The first-order valence-corrected chi connectivity index (χ1v) is 11.0. The van der Waals surface area contributed by atoms with Gasteiger partial charge in [0.15, 0.2) is 0 Å². The molecular weight excluding hydrogens is 516 g/mol. The molecule has 0 atom stereocenters. The number of aromatic hydroxyl groups is 1. The number of benzene rings is 2. The van der Waals surface area contributed by atoms with Gasteiger partial charge in [-0.15, -0.1) is 25.6 Å². The Morgan fingerprint density at radius 2 is 1.67 bits per heavy atom. The van der Waals surface area contributed by atoms with Crippen molar-refractivity contribution in [2.24, 2.45) is 0 Å². The van der Waals surface area contributed by atoms with Crippen LogP contribution < -0.4 is 10.1 Å². The highest BCUT2D eigenvalue weighted by Crippen LogP contribution is 2.36. The van der Waals surface area contributed by atoms with E-state index in [1.54, 1.807) is 42.7 Å². The van der Waals surface area contributed by atoms with Crippen molar-refractivity contribution in [3.8, 4) is 34.0 Å². The number of hydrogen-bond acceptors (Lipinski definition) is 5. The minimum Gasteiger partial charge on any atom is -0.506 e. The van der Waals surface area contributed by atoms with Gasteiger partial charge in [0.05, 0.1) is 21.9 Å². The maximum absolute atomic E-state index is 12.4. The molecule has 2 aromatic carbocycles. The van der Waals surface area contributed by atoms with Gasteiger partial charge >= 0.3 is 6.36 Å². The maximum atomic E-state index is 12.4. The molecule has 0 radical (unpaired) electrons. The summed E-state index contributed by atoms with van der Waals surface area (Å²) < 4.78 is 41.1. The van der Waals surface area contributed by atoms with Gasteiger partial charge in [0.2, 0.25) is 0 Å². The lowest BCUT2D eigenvalue weighted by molar-refractivity contribution is -0.274. The molecule has 0 fully saturated rings. The Kier molecular flexibility index (Phi) is 8.18. The molecule has 0 saturated carbocycles. The van der Waals surface area contributed by atoms with E-state index in [4.69, 9.17) is 16.6 Å². The summed E-state index contributed by atoms with van der Waals surface area (Å²) in [4.78, 5) is 12.3. The largest absolute Gasteiger partial charge is 0.573 e. The van der Waals surface area contributed by atoms with Crippen molar-refractivity contribution in [1.29, 1.82) is 0 Å². The van der Waals surface area contributed by atoms with Crippen LogP contribution in [0.3, 0.4) is 0 Å². The topological polar surface area (TPSA) is 83.1 Å². The number of alkyl halides is 3. The van der Waals surface area contributed by atoms with Crippen LogP contribution in [0, 0.1) is 0 Å². The second-order valence-corrected chi connectivity index (χ2v) is 8.79. The van der Waals surface area contributed by atoms with Gasteiger partial charge in [0, 0.05) is 30.1 Å². The fraction of sp³-hybridized carbons (Fsp3) is 0.200. The number of pyridine rings is 1. The van der Waals surface area contributed by atoms with Crippen LogP contribution in [-0.4, -0.2) is 26.4 Å². The van der Waals surface area contributed by atoms with E-state index < -0.39 is 11.9 Å². The van der Waals surface area contributed by atoms with Crippen molar-refractivity contribution in [1.82, 2.24) is 20.3 Å². The number of rotatable bonds is 7. The molecule has 0 aliphatic rings. The summed E-state index contributed by atoms with van der Waals surface area (Å²) >= 11 is 5.98. The highest BCUT2D eigenvalue weighted by molar-refractivity contribution is 6.32. The van der Waals surface area contributed by atoms with Gasteiger partial charge < -0.3 is 20.1 Å². The third-order valence-electron chi connectivity index (χ3n) is 5.38. The fourth-order valence-corrected chi connectivity index (χ4v) is 3.60. The average molecular weight is 539 g/mol. The lowest BCUT2D eigenvalue weighted by atomic mass is 10.0. The molecule has 36 heavy (non-hydrogen) atoms. The number of H-pyrrole nitrogens is 1. The zero-order valence-corrected chi connectivity index (χ0v) is 20.8. The number of aromatic amines is 1. The summed E-state index contributed by atoms with van der Waals surface area (Å²) in [6.07, 6.45) is -1.38. The van der Waals surface area contributed by atoms with E-state index in [2.05, 4.69) is 20.0 Å². The third-order valence-corrected chi connectivity index (χ3v) is 5.70. The quantitative estimate of drug-likeness (QED) is 0.240. The van der Waals surface area contributed by atoms with Crippen LogP contribution in [0.2, 0.25) is 5.02 Å². The van der Waals surface area contributed by atoms with Gasteiger partial charge in [0.25, 0.3) is 0 Å². The fourth-order valence-electron chi connectivity index (χ4n) is 3.48. The molecule has 0 bridgehead atoms. The number of imidazole rings is 1. The predicted molar refractivity (Wildman–Crippen MR) is 134 cm³/mol. The first-order valence-electron chi connectivity index (χ1n) is 10.6. The SMILES string of the molecule is CC(C)(NCc1ccc(OC(F)(F)F)cc1)c1nc(-c2ccc(Cl)c(O)c2)c(-c2ccncc2)[nH]1.Cl. The van der Waals surface area contributed by atoms with E-state index >= 15 is 0 Å². The standard InChI is InChI=1S/C25H22ClF3N4O2.ClH/c1-24(2,31-14-15-3-6-18(7-4-15)35-25(27,28)29)23-32-21(16-9-11-30-12-10-16)22(33-23)17-5-8-19(26)20(34)13-17;/h3-13,31,34H,14H2,1-2H3,(H,32,33);1H. The number of phenols is 1. The van der Waals surface area contributed by atoms with Gasteiger partial charge in [-0.25, -0.2) is 4.98 Å². The minimum absolute atomic E-state index is 0. The van der Waals surface area contributed by atoms with Crippen LogP contribution in [-0.2, 0) is 12.1 Å². The molecule has 0 aliphatic heterocycles. The molecule has 0 unspecified atom stereocenters. The number of nitrogens with zero attached hydrogens (tertiary/aromatic N) is 2. The van der Waals surface area contributed by atoms with E-state index in [0.29, 0.717) is 23.6 Å². The summed E-state index contributed by atoms with van der Waals surface area (Å²) in [7, 11) is 0. The Balaban J connectivity index is 0.00000361. The molecular formula is C25H23Cl2F3N4O2. The maximum Gasteiger partial charge on any atom is 0.573 e. The molecule has 0 amide bonds. The Bertz CT molecular complexity index is 1310. The van der Waals surface area contributed by atoms with Crippen LogP contribution in [0.25, 0.3) is 22.5 Å². The van der Waals surface area contributed by atoms with E-state index in [0.717, 1.165) is 16.8 Å². The Morgan fingerprint density at radius 1 is 1.00 bits per heavy atom. The summed E-state index contributed by atoms with van der Waals surface area (Å²) in [5, 5.41) is 13.7. The normalized spacial score (nSPS) is 11.7. The second-order valence-electron chi connectivity index (χ2n) is 8.38. The molecule has 4 rings (SSSR count). The van der Waals surface area contributed by atoms with Crippen molar-refractivity contribution < 1.29 is 23.0 Å². The van der Waals surface area contributed by atoms with E-state index in [9.17, 15) is 18.3 Å². The molecule has 2 aromatic heterocycles. The van der Waals surface area contributed by atoms with Gasteiger partial charge in [0.1, 0.15) is 17.3 Å². The average Bonchev–Trinajstić information content (AvgIpc) is 3.27. The number of phenolic OH excluding ortho intramolecular Hbond substituents is 1. The minimum atomic E-state index is -4.73. The number of nitrogens with one attached hydrogen (secondary N) is 2. The highest BCUT2D eigenvalue weighted by atomic mass is 35.5. The van der Waals surface area contributed by atoms with Crippen LogP contribution >= 0.6 is 24.0 Å². The zero-order chi connectivity index (χ0) is 25.2. The molecule has 11 heteroatoms. The summed E-state index contributed by atoms with van der Waals surface area (Å²) in [5.41, 5.74) is 3.04. The first-order chi connectivity index (χ1) is 16.5. The number of aromatic nitrogens is 3. The summed E-state index contributed by atoms with van der Waals surface area (Å²) in [5.74, 6) is 0.305. The van der Waals surface area contributed by atoms with E-state index in [1.165, 1.54) is 12.1 Å². The summed E-state index contributed by atoms with van der Waals surface area (Å²) in [6, 6.07) is 14.3. The Labute approximate surface area is 216 Å². The molecule has 0 spiro atoms. The number of ether oxygens (including phenoxy) is 1. The predicted octanol–water partition coefficient (Wildman–Crippen LogP) is 6.84. The van der Waals surface area contributed by atoms with Crippen molar-refractivity contribution in [3.05, 3.63) is 83.4 Å². The molecule has 190 valence electrons.